The molecule has 3 aromatic heterocycles. The van der Waals surface area contributed by atoms with Gasteiger partial charge in [-0.1, -0.05) is 6.07 Å². The van der Waals surface area contributed by atoms with Gasteiger partial charge in [0.15, 0.2) is 15.7 Å². The minimum absolute atomic E-state index is 0.0481. The van der Waals surface area contributed by atoms with Gasteiger partial charge in [0.2, 0.25) is 11.9 Å². The van der Waals surface area contributed by atoms with Gasteiger partial charge in [0, 0.05) is 19.0 Å². The van der Waals surface area contributed by atoms with Crippen LogP contribution >= 0.6 is 0 Å². The molecule has 0 fully saturated rings. The molecular formula is C21H19N9O3S. The van der Waals surface area contributed by atoms with E-state index in [-0.39, 0.29) is 51.4 Å². The average Bonchev–Trinajstić information content (AvgIpc) is 2.79. The molecule has 3 heterocycles. The van der Waals surface area contributed by atoms with Crippen molar-refractivity contribution >= 4 is 44.3 Å². The standard InChI is InChI=1S/C21H19N9O3S/c1-3-29(18-13(10-22)17(23)27-20(24)28-18)21-26-14-7-4-8-15(34(2,32)33)16(14)19(31)30(21)12-6-5-9-25-11-12/h4-9,11H,3H2,1-2H3,(H4,23,24,27,28). The van der Waals surface area contributed by atoms with E-state index in [1.54, 1.807) is 19.1 Å². The molecule has 34 heavy (non-hydrogen) atoms. The molecule has 4 aromatic rings. The van der Waals surface area contributed by atoms with E-state index in [9.17, 15) is 18.5 Å². The van der Waals surface area contributed by atoms with E-state index in [0.717, 1.165) is 6.26 Å². The Hall–Kier alpha value is -4.57. The maximum absolute atomic E-state index is 13.8. The zero-order valence-corrected chi connectivity index (χ0v) is 19.0. The molecule has 0 amide bonds. The van der Waals surface area contributed by atoms with Gasteiger partial charge in [0.1, 0.15) is 17.5 Å². The highest BCUT2D eigenvalue weighted by atomic mass is 32.2. The summed E-state index contributed by atoms with van der Waals surface area (Å²) in [6.45, 7) is 1.96. The maximum atomic E-state index is 13.8. The third kappa shape index (κ3) is 3.76. The van der Waals surface area contributed by atoms with Gasteiger partial charge >= 0.3 is 0 Å². The van der Waals surface area contributed by atoms with Gasteiger partial charge in [0.05, 0.1) is 27.7 Å². The Morgan fingerprint density at radius 3 is 2.53 bits per heavy atom. The lowest BCUT2D eigenvalue weighted by molar-refractivity contribution is 0.602. The molecule has 1 aromatic carbocycles. The smallest absolute Gasteiger partial charge is 0.268 e. The first kappa shape index (κ1) is 22.6. The highest BCUT2D eigenvalue weighted by Gasteiger charge is 2.26. The number of nitrogens with zero attached hydrogens (tertiary/aromatic N) is 7. The molecule has 13 heteroatoms. The van der Waals surface area contributed by atoms with E-state index < -0.39 is 15.4 Å². The first-order chi connectivity index (χ1) is 16.2. The number of fused-ring (bicyclic) bond motifs is 1. The first-order valence-corrected chi connectivity index (χ1v) is 11.8. The molecule has 0 bridgehead atoms. The second-order valence-electron chi connectivity index (χ2n) is 7.21. The Bertz CT molecular complexity index is 1630. The molecule has 0 saturated carbocycles. The number of nitriles is 1. The van der Waals surface area contributed by atoms with E-state index in [4.69, 9.17) is 11.5 Å². The zero-order chi connectivity index (χ0) is 24.6. The molecule has 172 valence electrons. The van der Waals surface area contributed by atoms with Crippen LogP contribution in [0, 0.1) is 11.3 Å². The number of hydrogen-bond acceptors (Lipinski definition) is 11. The largest absolute Gasteiger partial charge is 0.382 e. The van der Waals surface area contributed by atoms with E-state index in [1.165, 1.54) is 40.1 Å². The third-order valence-corrected chi connectivity index (χ3v) is 6.14. The number of benzene rings is 1. The topological polar surface area (TPSA) is 187 Å². The Kier molecular flexibility index (Phi) is 5.60. The highest BCUT2D eigenvalue weighted by molar-refractivity contribution is 7.91. The van der Waals surface area contributed by atoms with Crippen LogP contribution in [0.15, 0.2) is 52.4 Å². The van der Waals surface area contributed by atoms with Crippen LogP contribution in [-0.2, 0) is 9.84 Å². The number of anilines is 4. The number of rotatable bonds is 5. The predicted molar refractivity (Wildman–Crippen MR) is 126 cm³/mol. The lowest BCUT2D eigenvalue weighted by Gasteiger charge is -2.26. The van der Waals surface area contributed by atoms with Crippen molar-refractivity contribution in [1.82, 2.24) is 24.5 Å². The molecule has 0 atom stereocenters. The summed E-state index contributed by atoms with van der Waals surface area (Å²) in [6.07, 6.45) is 3.98. The van der Waals surface area contributed by atoms with Gasteiger partial charge in [0.25, 0.3) is 5.56 Å². The number of hydrogen-bond donors (Lipinski definition) is 2. The molecule has 0 aliphatic carbocycles. The van der Waals surface area contributed by atoms with Crippen molar-refractivity contribution in [3.05, 3.63) is 58.6 Å². The van der Waals surface area contributed by atoms with Gasteiger partial charge in [-0.25, -0.2) is 18.0 Å². The number of nitrogen functional groups attached to an aromatic ring is 2. The van der Waals surface area contributed by atoms with Crippen LogP contribution in [0.1, 0.15) is 12.5 Å². The monoisotopic (exact) mass is 477 g/mol. The predicted octanol–water partition coefficient (Wildman–Crippen LogP) is 1.17. The van der Waals surface area contributed by atoms with E-state index in [1.807, 2.05) is 6.07 Å². The van der Waals surface area contributed by atoms with Gasteiger partial charge in [-0.3, -0.25) is 14.7 Å². The lowest BCUT2D eigenvalue weighted by Crippen LogP contribution is -2.31. The highest BCUT2D eigenvalue weighted by Crippen LogP contribution is 2.31. The molecule has 4 rings (SSSR count). The second kappa shape index (κ2) is 8.41. The molecule has 0 unspecified atom stereocenters. The molecule has 0 aliphatic heterocycles. The summed E-state index contributed by atoms with van der Waals surface area (Å²) in [4.78, 5) is 31.8. The summed E-state index contributed by atoms with van der Waals surface area (Å²) in [5, 5.41) is 9.60. The van der Waals surface area contributed by atoms with E-state index in [0.29, 0.717) is 5.69 Å². The van der Waals surface area contributed by atoms with Gasteiger partial charge < -0.3 is 11.5 Å². The van der Waals surface area contributed by atoms with Crippen LogP contribution in [-0.4, -0.2) is 45.7 Å². The van der Waals surface area contributed by atoms with Crippen molar-refractivity contribution in [2.24, 2.45) is 0 Å². The van der Waals surface area contributed by atoms with Gasteiger partial charge in [-0.2, -0.15) is 15.2 Å². The summed E-state index contributed by atoms with van der Waals surface area (Å²) in [5.41, 5.74) is 11.5. The summed E-state index contributed by atoms with van der Waals surface area (Å²) >= 11 is 0. The molecule has 12 nitrogen and oxygen atoms in total. The van der Waals surface area contributed by atoms with Crippen molar-refractivity contribution in [1.29, 1.82) is 5.26 Å². The molecule has 0 radical (unpaired) electrons. The second-order valence-corrected chi connectivity index (χ2v) is 9.19. The number of pyridine rings is 1. The van der Waals surface area contributed by atoms with Crippen LogP contribution in [0.2, 0.25) is 0 Å². The van der Waals surface area contributed by atoms with Crippen molar-refractivity contribution in [3.8, 4) is 11.8 Å². The van der Waals surface area contributed by atoms with Gasteiger partial charge in [-0.15, -0.1) is 0 Å². The number of nitrogens with two attached hydrogens (primary N) is 2. The normalized spacial score (nSPS) is 11.3. The zero-order valence-electron chi connectivity index (χ0n) is 18.2. The first-order valence-electron chi connectivity index (χ1n) is 9.94. The van der Waals surface area contributed by atoms with Crippen LogP contribution in [0.5, 0.6) is 0 Å². The van der Waals surface area contributed by atoms with Crippen LogP contribution < -0.4 is 21.9 Å². The number of sulfone groups is 1. The Labute approximate surface area is 194 Å². The number of aromatic nitrogens is 5. The quantitative estimate of drug-likeness (QED) is 0.420. The summed E-state index contributed by atoms with van der Waals surface area (Å²) in [6, 6.07) is 9.59. The van der Waals surface area contributed by atoms with Crippen molar-refractivity contribution in [3.63, 3.8) is 0 Å². The van der Waals surface area contributed by atoms with E-state index in [2.05, 4.69) is 19.9 Å². The van der Waals surface area contributed by atoms with Crippen LogP contribution in [0.25, 0.3) is 16.6 Å². The molecule has 0 aliphatic rings. The summed E-state index contributed by atoms with van der Waals surface area (Å²) < 4.78 is 26.1. The molecule has 4 N–H and O–H groups in total. The Balaban J connectivity index is 2.18. The van der Waals surface area contributed by atoms with Crippen molar-refractivity contribution in [2.45, 2.75) is 11.8 Å². The molecule has 0 saturated heterocycles. The van der Waals surface area contributed by atoms with Crippen LogP contribution in [0.3, 0.4) is 0 Å². The van der Waals surface area contributed by atoms with Gasteiger partial charge in [-0.05, 0) is 31.2 Å². The fraction of sp³-hybridized carbons (Fsp3) is 0.143. The average molecular weight is 478 g/mol. The van der Waals surface area contributed by atoms with Crippen LogP contribution in [0.4, 0.5) is 23.5 Å². The Morgan fingerprint density at radius 2 is 1.91 bits per heavy atom. The fourth-order valence-electron chi connectivity index (χ4n) is 3.57. The molecular weight excluding hydrogens is 458 g/mol. The lowest BCUT2D eigenvalue weighted by atomic mass is 10.2. The van der Waals surface area contributed by atoms with Crippen molar-refractivity contribution < 1.29 is 8.42 Å². The SMILES string of the molecule is CCN(c1nc(N)nc(N)c1C#N)c1nc2cccc(S(C)(=O)=O)c2c(=O)n1-c1cccnc1. The van der Waals surface area contributed by atoms with E-state index >= 15 is 0 Å². The summed E-state index contributed by atoms with van der Waals surface area (Å²) in [7, 11) is -3.74. The third-order valence-electron chi connectivity index (χ3n) is 5.01. The maximum Gasteiger partial charge on any atom is 0.268 e. The minimum Gasteiger partial charge on any atom is -0.382 e. The van der Waals surface area contributed by atoms with Crippen molar-refractivity contribution in [2.75, 3.05) is 29.2 Å². The molecule has 0 spiro atoms. The Morgan fingerprint density at radius 1 is 1.15 bits per heavy atom. The fourth-order valence-corrected chi connectivity index (χ4v) is 4.46. The minimum atomic E-state index is -3.74. The summed E-state index contributed by atoms with van der Waals surface area (Å²) in [5.74, 6) is -0.176.